The second kappa shape index (κ2) is 6.35. The summed E-state index contributed by atoms with van der Waals surface area (Å²) in [6, 6.07) is 15.4. The van der Waals surface area contributed by atoms with E-state index in [1.54, 1.807) is 12.1 Å². The molecule has 19 heavy (non-hydrogen) atoms. The molecule has 0 aliphatic rings. The Balaban J connectivity index is 2.13. The third-order valence-corrected chi connectivity index (χ3v) is 3.69. The van der Waals surface area contributed by atoms with Crippen molar-refractivity contribution >= 4 is 37.8 Å². The van der Waals surface area contributed by atoms with Crippen LogP contribution in [0.1, 0.15) is 28.9 Å². The van der Waals surface area contributed by atoms with E-state index in [1.807, 2.05) is 43.3 Å². The van der Waals surface area contributed by atoms with Gasteiger partial charge in [-0.1, -0.05) is 62.2 Å². The van der Waals surface area contributed by atoms with Crippen LogP contribution in [0.25, 0.3) is 0 Å². The van der Waals surface area contributed by atoms with Gasteiger partial charge in [-0.2, -0.15) is 0 Å². The predicted octanol–water partition coefficient (Wildman–Crippen LogP) is 4.70. The summed E-state index contributed by atoms with van der Waals surface area (Å²) in [7, 11) is 0. The number of carbonyl (C=O) groups is 1. The lowest BCUT2D eigenvalue weighted by molar-refractivity contribution is 0.0940. The van der Waals surface area contributed by atoms with E-state index in [1.165, 1.54) is 0 Å². The van der Waals surface area contributed by atoms with Crippen molar-refractivity contribution in [3.8, 4) is 0 Å². The van der Waals surface area contributed by atoms with Crippen LogP contribution < -0.4 is 5.32 Å². The maximum Gasteiger partial charge on any atom is 0.251 e. The van der Waals surface area contributed by atoms with Crippen LogP contribution in [0.4, 0.5) is 0 Å². The minimum absolute atomic E-state index is 0.0218. The van der Waals surface area contributed by atoms with Gasteiger partial charge in [0, 0.05) is 14.5 Å². The largest absolute Gasteiger partial charge is 0.346 e. The molecular weight excluding hydrogens is 370 g/mol. The molecule has 2 aromatic rings. The van der Waals surface area contributed by atoms with Crippen LogP contribution in [0.3, 0.4) is 0 Å². The number of benzene rings is 2. The van der Waals surface area contributed by atoms with Crippen molar-refractivity contribution in [1.82, 2.24) is 5.32 Å². The number of nitrogens with one attached hydrogen (secondary N) is 1. The van der Waals surface area contributed by atoms with E-state index >= 15 is 0 Å². The lowest BCUT2D eigenvalue weighted by Crippen LogP contribution is -2.26. The molecule has 0 saturated heterocycles. The monoisotopic (exact) mass is 381 g/mol. The standard InChI is InChI=1S/C15H13Br2NO/c1-10(11-5-3-2-4-6-11)18-15(19)12-7-13(16)9-14(17)8-12/h2-10H,1H3,(H,18,19)/t10-/m0/s1. The highest BCUT2D eigenvalue weighted by Crippen LogP contribution is 2.21. The van der Waals surface area contributed by atoms with E-state index in [0.717, 1.165) is 14.5 Å². The molecule has 0 aliphatic heterocycles. The Hall–Kier alpha value is -1.13. The lowest BCUT2D eigenvalue weighted by atomic mass is 10.1. The Morgan fingerprint density at radius 1 is 1.05 bits per heavy atom. The maximum atomic E-state index is 12.2. The zero-order chi connectivity index (χ0) is 13.8. The SMILES string of the molecule is C[C@H](NC(=O)c1cc(Br)cc(Br)c1)c1ccccc1. The van der Waals surface area contributed by atoms with Gasteiger partial charge in [0.1, 0.15) is 0 Å². The van der Waals surface area contributed by atoms with Crippen molar-refractivity contribution in [2.45, 2.75) is 13.0 Å². The molecule has 2 nitrogen and oxygen atoms in total. The molecule has 0 aliphatic carbocycles. The Bertz CT molecular complexity index is 564. The summed E-state index contributed by atoms with van der Waals surface area (Å²) in [5.41, 5.74) is 1.72. The molecule has 1 N–H and O–H groups in total. The first-order chi connectivity index (χ1) is 9.06. The molecule has 1 atom stereocenters. The number of hydrogen-bond donors (Lipinski definition) is 1. The number of halogens is 2. The minimum Gasteiger partial charge on any atom is -0.346 e. The summed E-state index contributed by atoms with van der Waals surface area (Å²) in [4.78, 5) is 12.2. The highest BCUT2D eigenvalue weighted by molar-refractivity contribution is 9.11. The quantitative estimate of drug-likeness (QED) is 0.818. The number of rotatable bonds is 3. The van der Waals surface area contributed by atoms with Gasteiger partial charge in [-0.3, -0.25) is 4.79 Å². The first-order valence-corrected chi connectivity index (χ1v) is 7.47. The van der Waals surface area contributed by atoms with Crippen LogP contribution in [0.15, 0.2) is 57.5 Å². The zero-order valence-electron chi connectivity index (χ0n) is 10.4. The van der Waals surface area contributed by atoms with Crippen molar-refractivity contribution in [1.29, 1.82) is 0 Å². The van der Waals surface area contributed by atoms with Gasteiger partial charge in [-0.15, -0.1) is 0 Å². The third-order valence-electron chi connectivity index (χ3n) is 2.77. The Labute approximate surface area is 129 Å². The molecule has 0 aromatic heterocycles. The van der Waals surface area contributed by atoms with E-state index in [4.69, 9.17) is 0 Å². The van der Waals surface area contributed by atoms with Crippen LogP contribution >= 0.6 is 31.9 Å². The van der Waals surface area contributed by atoms with Crippen molar-refractivity contribution in [3.05, 3.63) is 68.6 Å². The van der Waals surface area contributed by atoms with Crippen molar-refractivity contribution in [3.63, 3.8) is 0 Å². The summed E-state index contributed by atoms with van der Waals surface area (Å²) in [6.07, 6.45) is 0. The van der Waals surface area contributed by atoms with E-state index < -0.39 is 0 Å². The maximum absolute atomic E-state index is 12.2. The van der Waals surface area contributed by atoms with Gasteiger partial charge in [0.05, 0.1) is 6.04 Å². The molecule has 0 spiro atoms. The van der Waals surface area contributed by atoms with E-state index in [0.29, 0.717) is 5.56 Å². The van der Waals surface area contributed by atoms with Gasteiger partial charge in [0.2, 0.25) is 0 Å². The summed E-state index contributed by atoms with van der Waals surface area (Å²) in [5.74, 6) is -0.0849. The highest BCUT2D eigenvalue weighted by Gasteiger charge is 2.12. The van der Waals surface area contributed by atoms with E-state index in [-0.39, 0.29) is 11.9 Å². The number of carbonyl (C=O) groups excluding carboxylic acids is 1. The van der Waals surface area contributed by atoms with Gasteiger partial charge in [0.25, 0.3) is 5.91 Å². The second-order valence-electron chi connectivity index (χ2n) is 4.26. The van der Waals surface area contributed by atoms with Crippen molar-refractivity contribution in [2.24, 2.45) is 0 Å². The van der Waals surface area contributed by atoms with Gasteiger partial charge in [-0.05, 0) is 30.7 Å². The minimum atomic E-state index is -0.0849. The molecule has 1 amide bonds. The number of amides is 1. The van der Waals surface area contributed by atoms with E-state index in [2.05, 4.69) is 37.2 Å². The highest BCUT2D eigenvalue weighted by atomic mass is 79.9. The zero-order valence-corrected chi connectivity index (χ0v) is 13.5. The second-order valence-corrected chi connectivity index (χ2v) is 6.10. The molecule has 0 radical (unpaired) electrons. The van der Waals surface area contributed by atoms with Crippen molar-refractivity contribution in [2.75, 3.05) is 0 Å². The summed E-state index contributed by atoms with van der Waals surface area (Å²) in [6.45, 7) is 1.97. The number of hydrogen-bond acceptors (Lipinski definition) is 1. The molecule has 98 valence electrons. The van der Waals surface area contributed by atoms with Crippen LogP contribution in [-0.2, 0) is 0 Å². The molecule has 2 rings (SSSR count). The Morgan fingerprint density at radius 2 is 1.63 bits per heavy atom. The van der Waals surface area contributed by atoms with Crippen LogP contribution in [0.5, 0.6) is 0 Å². The third kappa shape index (κ3) is 3.91. The summed E-state index contributed by atoms with van der Waals surface area (Å²) < 4.78 is 1.75. The van der Waals surface area contributed by atoms with E-state index in [9.17, 15) is 4.79 Å². The summed E-state index contributed by atoms with van der Waals surface area (Å²) >= 11 is 6.76. The summed E-state index contributed by atoms with van der Waals surface area (Å²) in [5, 5.41) is 2.99. The first kappa shape index (κ1) is 14.3. The van der Waals surface area contributed by atoms with Gasteiger partial charge < -0.3 is 5.32 Å². The fourth-order valence-electron chi connectivity index (χ4n) is 1.79. The molecule has 0 unspecified atom stereocenters. The average Bonchev–Trinajstić information content (AvgIpc) is 2.38. The Kier molecular flexibility index (Phi) is 4.77. The first-order valence-electron chi connectivity index (χ1n) is 5.88. The topological polar surface area (TPSA) is 29.1 Å². The average molecular weight is 383 g/mol. The molecule has 0 heterocycles. The predicted molar refractivity (Wildman–Crippen MR) is 84.2 cm³/mol. The Morgan fingerprint density at radius 3 is 2.21 bits per heavy atom. The van der Waals surface area contributed by atoms with Gasteiger partial charge in [0.15, 0.2) is 0 Å². The normalized spacial score (nSPS) is 11.9. The fourth-order valence-corrected chi connectivity index (χ4v) is 3.08. The molecular formula is C15H13Br2NO. The van der Waals surface area contributed by atoms with Crippen LogP contribution in [0, 0.1) is 0 Å². The molecule has 0 bridgehead atoms. The molecule has 2 aromatic carbocycles. The molecule has 0 fully saturated rings. The fraction of sp³-hybridized carbons (Fsp3) is 0.133. The van der Waals surface area contributed by atoms with Crippen LogP contribution in [0.2, 0.25) is 0 Å². The smallest absolute Gasteiger partial charge is 0.251 e. The molecule has 4 heteroatoms. The van der Waals surface area contributed by atoms with Crippen LogP contribution in [-0.4, -0.2) is 5.91 Å². The lowest BCUT2D eigenvalue weighted by Gasteiger charge is -2.14. The van der Waals surface area contributed by atoms with Crippen molar-refractivity contribution < 1.29 is 4.79 Å². The van der Waals surface area contributed by atoms with Gasteiger partial charge >= 0.3 is 0 Å². The van der Waals surface area contributed by atoms with Gasteiger partial charge in [-0.25, -0.2) is 0 Å². The molecule has 0 saturated carbocycles.